The van der Waals surface area contributed by atoms with Crippen molar-refractivity contribution in [1.29, 1.82) is 0 Å². The van der Waals surface area contributed by atoms with Crippen molar-refractivity contribution < 1.29 is 9.59 Å². The Morgan fingerprint density at radius 2 is 2.00 bits per heavy atom. The van der Waals surface area contributed by atoms with Crippen LogP contribution in [0.4, 0.5) is 0 Å². The Morgan fingerprint density at radius 1 is 1.17 bits per heavy atom. The van der Waals surface area contributed by atoms with E-state index in [-0.39, 0.29) is 11.8 Å². The first-order chi connectivity index (χ1) is 14.4. The molecule has 0 bridgehead atoms. The minimum atomic E-state index is -0.519. The van der Waals surface area contributed by atoms with Gasteiger partial charge in [-0.05, 0) is 60.1 Å². The average molecular weight is 423 g/mol. The second-order valence-electron chi connectivity index (χ2n) is 9.82. The molecule has 2 unspecified atom stereocenters. The van der Waals surface area contributed by atoms with Gasteiger partial charge in [0.15, 0.2) is 0 Å². The Labute approximate surface area is 182 Å². The molecule has 0 radical (unpaired) electrons. The Morgan fingerprint density at radius 3 is 2.63 bits per heavy atom. The van der Waals surface area contributed by atoms with Crippen LogP contribution in [0.2, 0.25) is 0 Å². The maximum Gasteiger partial charge on any atom is 0.230 e. The van der Waals surface area contributed by atoms with Gasteiger partial charge in [-0.2, -0.15) is 0 Å². The maximum atomic E-state index is 13.3. The lowest BCUT2D eigenvalue weighted by molar-refractivity contribution is -0.140. The molecule has 3 aliphatic rings. The third-order valence-electron chi connectivity index (χ3n) is 7.64. The van der Waals surface area contributed by atoms with Gasteiger partial charge >= 0.3 is 0 Å². The van der Waals surface area contributed by atoms with E-state index in [1.807, 2.05) is 19.0 Å². The lowest BCUT2D eigenvalue weighted by Crippen LogP contribution is -2.45. The number of hydrogen-bond acceptors (Lipinski definition) is 3. The molecule has 1 aromatic heterocycles. The van der Waals surface area contributed by atoms with Crippen LogP contribution in [0.3, 0.4) is 0 Å². The first kappa shape index (κ1) is 19.8. The van der Waals surface area contributed by atoms with E-state index in [1.165, 1.54) is 35.3 Å². The molecule has 2 aliphatic carbocycles. The molecule has 1 spiro atoms. The molecular weight excluding hydrogens is 392 g/mol. The molecule has 2 atom stereocenters. The molecule has 158 valence electrons. The van der Waals surface area contributed by atoms with Crippen LogP contribution in [0, 0.1) is 16.7 Å². The normalized spacial score (nSPS) is 26.5. The minimum Gasteiger partial charge on any atom is -0.348 e. The number of amides is 2. The summed E-state index contributed by atoms with van der Waals surface area (Å²) in [4.78, 5) is 31.4. The predicted octanol–water partition coefficient (Wildman–Crippen LogP) is 4.45. The number of hydrogen-bond donors (Lipinski definition) is 0. The van der Waals surface area contributed by atoms with E-state index in [9.17, 15) is 9.59 Å². The van der Waals surface area contributed by atoms with Crippen LogP contribution in [-0.2, 0) is 16.0 Å². The molecule has 4 nitrogen and oxygen atoms in total. The zero-order chi connectivity index (χ0) is 20.9. The molecule has 5 heteroatoms. The van der Waals surface area contributed by atoms with Crippen LogP contribution >= 0.6 is 11.3 Å². The molecule has 0 N–H and O–H groups in total. The van der Waals surface area contributed by atoms with E-state index in [4.69, 9.17) is 0 Å². The molecule has 3 fully saturated rings. The number of nitrogens with zero attached hydrogens (tertiary/aromatic N) is 2. The molecule has 1 saturated heterocycles. The highest BCUT2D eigenvalue weighted by atomic mass is 32.1. The smallest absolute Gasteiger partial charge is 0.230 e. The third-order valence-corrected chi connectivity index (χ3v) is 8.56. The molecule has 2 saturated carbocycles. The van der Waals surface area contributed by atoms with E-state index in [1.54, 1.807) is 16.2 Å². The fraction of sp³-hybridized carbons (Fsp3) is 0.520. The summed E-state index contributed by atoms with van der Waals surface area (Å²) < 4.78 is 0. The van der Waals surface area contributed by atoms with Crippen molar-refractivity contribution in [2.24, 2.45) is 16.7 Å². The minimum absolute atomic E-state index is 0.147. The summed E-state index contributed by atoms with van der Waals surface area (Å²) in [5.74, 6) is 0.669. The van der Waals surface area contributed by atoms with E-state index >= 15 is 0 Å². The van der Waals surface area contributed by atoms with Crippen LogP contribution < -0.4 is 0 Å². The monoisotopic (exact) mass is 422 g/mol. The number of carbonyl (C=O) groups excluding carboxylic acids is 2. The molecule has 30 heavy (non-hydrogen) atoms. The summed E-state index contributed by atoms with van der Waals surface area (Å²) in [6.07, 6.45) is 6.21. The highest BCUT2D eigenvalue weighted by molar-refractivity contribution is 7.13. The van der Waals surface area contributed by atoms with E-state index in [0.717, 1.165) is 12.8 Å². The fourth-order valence-corrected chi connectivity index (χ4v) is 6.42. The third kappa shape index (κ3) is 3.27. The molecule has 1 aliphatic heterocycles. The van der Waals surface area contributed by atoms with E-state index in [0.29, 0.717) is 30.8 Å². The summed E-state index contributed by atoms with van der Waals surface area (Å²) in [6.45, 7) is 1.26. The molecule has 2 amide bonds. The van der Waals surface area contributed by atoms with Gasteiger partial charge in [0.2, 0.25) is 11.8 Å². The number of carbonyl (C=O) groups is 2. The molecule has 2 heterocycles. The summed E-state index contributed by atoms with van der Waals surface area (Å²) >= 11 is 1.73. The van der Waals surface area contributed by atoms with Crippen molar-refractivity contribution in [2.75, 3.05) is 27.2 Å². The average Bonchev–Trinajstić information content (AvgIpc) is 3.04. The Hall–Kier alpha value is -2.14. The van der Waals surface area contributed by atoms with Crippen molar-refractivity contribution in [3.05, 3.63) is 47.3 Å². The number of thiophene rings is 1. The van der Waals surface area contributed by atoms with Gasteiger partial charge in [-0.3, -0.25) is 9.59 Å². The Kier molecular flexibility index (Phi) is 4.77. The van der Waals surface area contributed by atoms with Gasteiger partial charge in [0.25, 0.3) is 0 Å². The second-order valence-corrected chi connectivity index (χ2v) is 10.8. The van der Waals surface area contributed by atoms with Gasteiger partial charge in [-0.1, -0.05) is 36.8 Å². The maximum absolute atomic E-state index is 13.3. The van der Waals surface area contributed by atoms with Crippen molar-refractivity contribution >= 4 is 23.2 Å². The van der Waals surface area contributed by atoms with E-state index < -0.39 is 5.41 Å². The summed E-state index contributed by atoms with van der Waals surface area (Å²) in [6, 6.07) is 12.7. The van der Waals surface area contributed by atoms with Gasteiger partial charge in [0.1, 0.15) is 0 Å². The van der Waals surface area contributed by atoms with Gasteiger partial charge in [0.05, 0.1) is 5.41 Å². The molecule has 2 aromatic rings. The fourth-order valence-electron chi connectivity index (χ4n) is 5.70. The van der Waals surface area contributed by atoms with E-state index in [2.05, 4.69) is 41.8 Å². The Bertz CT molecular complexity index is 963. The van der Waals surface area contributed by atoms with Crippen molar-refractivity contribution in [3.63, 3.8) is 0 Å². The first-order valence-corrected chi connectivity index (χ1v) is 11.9. The SMILES string of the molecule is CN(C)C(=O)C1(Cc2cccc(-c3cccs3)c2)CCN(C(=O)C2CC23CCC3)C1. The number of benzene rings is 1. The molecular formula is C25H30N2O2S. The van der Waals surface area contributed by atoms with Crippen LogP contribution in [0.1, 0.15) is 37.7 Å². The van der Waals surface area contributed by atoms with Crippen molar-refractivity contribution in [1.82, 2.24) is 9.80 Å². The standard InChI is InChI=1S/C25H30N2O2S/c1-26(2)23(29)25(15-18-6-3-7-19(14-18)21-8-4-13-30-21)11-12-27(17-25)22(28)20-16-24(20)9-5-10-24/h3-4,6-8,13-14,20H,5,9-12,15-17H2,1-2H3. The zero-order valence-corrected chi connectivity index (χ0v) is 18.7. The van der Waals surface area contributed by atoms with Crippen molar-refractivity contribution in [3.8, 4) is 10.4 Å². The largest absolute Gasteiger partial charge is 0.348 e. The van der Waals surface area contributed by atoms with Crippen LogP contribution in [0.15, 0.2) is 41.8 Å². The van der Waals surface area contributed by atoms with Gasteiger partial charge in [-0.25, -0.2) is 0 Å². The first-order valence-electron chi connectivity index (χ1n) is 11.1. The number of likely N-dealkylation sites (tertiary alicyclic amines) is 1. The topological polar surface area (TPSA) is 40.6 Å². The van der Waals surface area contributed by atoms with Crippen LogP contribution in [0.25, 0.3) is 10.4 Å². The summed E-state index contributed by atoms with van der Waals surface area (Å²) in [5, 5.41) is 2.09. The second kappa shape index (κ2) is 7.23. The predicted molar refractivity (Wildman–Crippen MR) is 120 cm³/mol. The molecule has 5 rings (SSSR count). The van der Waals surface area contributed by atoms with Gasteiger partial charge in [0, 0.05) is 38.0 Å². The van der Waals surface area contributed by atoms with Gasteiger partial charge in [-0.15, -0.1) is 11.3 Å². The number of rotatable bonds is 5. The highest BCUT2D eigenvalue weighted by Crippen LogP contribution is 2.66. The van der Waals surface area contributed by atoms with Crippen molar-refractivity contribution in [2.45, 2.75) is 38.5 Å². The summed E-state index contributed by atoms with van der Waals surface area (Å²) in [7, 11) is 3.67. The zero-order valence-electron chi connectivity index (χ0n) is 17.9. The van der Waals surface area contributed by atoms with Gasteiger partial charge < -0.3 is 9.80 Å². The lowest BCUT2D eigenvalue weighted by Gasteiger charge is -2.32. The van der Waals surface area contributed by atoms with Crippen LogP contribution in [-0.4, -0.2) is 48.8 Å². The quantitative estimate of drug-likeness (QED) is 0.714. The lowest BCUT2D eigenvalue weighted by atomic mass is 9.79. The highest BCUT2D eigenvalue weighted by Gasteiger charge is 2.62. The molecule has 1 aromatic carbocycles. The Balaban J connectivity index is 1.37. The summed E-state index contributed by atoms with van der Waals surface area (Å²) in [5.41, 5.74) is 2.19. The van der Waals surface area contributed by atoms with Crippen LogP contribution in [0.5, 0.6) is 0 Å².